The van der Waals surface area contributed by atoms with E-state index in [0.29, 0.717) is 76.7 Å². The lowest BCUT2D eigenvalue weighted by atomic mass is 10.3. The first kappa shape index (κ1) is 34.1. The van der Waals surface area contributed by atoms with Crippen LogP contribution in [0.25, 0.3) is 44.1 Å². The summed E-state index contributed by atoms with van der Waals surface area (Å²) in [4.78, 5) is 52.9. The normalized spacial score (nSPS) is 10.7. The fourth-order valence-corrected chi connectivity index (χ4v) is 5.61. The van der Waals surface area contributed by atoms with E-state index >= 15 is 0 Å². The zero-order chi connectivity index (χ0) is 34.2. The van der Waals surface area contributed by atoms with Crippen molar-refractivity contribution in [3.05, 3.63) is 91.9 Å². The molecule has 0 saturated heterocycles. The number of nitrogens with zero attached hydrogens (tertiary/aromatic N) is 10. The van der Waals surface area contributed by atoms with Gasteiger partial charge in [0.1, 0.15) is 74.6 Å². The van der Waals surface area contributed by atoms with E-state index in [0.717, 1.165) is 15.5 Å². The summed E-state index contributed by atoms with van der Waals surface area (Å²) >= 11 is 26.5. The van der Waals surface area contributed by atoms with Crippen LogP contribution >= 0.6 is 62.3 Å². The highest BCUT2D eigenvalue weighted by Gasteiger charge is 2.10. The Labute approximate surface area is 295 Å². The standard InChI is InChI=1S/C7H5ClN4O.C7H3ClN4.C7H4ClN3O.C6H3BrClN3/c8-6-5-4(2-12-13)1-9-7(5)11-3-10-6;8-6-5-4(1-9)2-10-7(5)12-3-11-6;8-6-5-4(2-12)1-9-7(5)11-3-10-6;7-3-1-9-6-4(3)5(8)10-2-11-6/h1-3,13H,(H,9,10,11);2-3H,(H,10,11,12);1-3H,(H,9,10,11);1-2H,(H,9,10,11). The molecule has 0 aliphatic heterocycles. The van der Waals surface area contributed by atoms with E-state index in [1.54, 1.807) is 24.8 Å². The quantitative estimate of drug-likeness (QED) is 0.0406. The fourth-order valence-electron chi connectivity index (χ4n) is 4.05. The largest absolute Gasteiger partial charge is 0.411 e. The fraction of sp³-hybridized carbons (Fsp3) is 0. The lowest BCUT2D eigenvalue weighted by molar-refractivity contribution is 0.112. The first-order valence-corrected chi connectivity index (χ1v) is 15.2. The second kappa shape index (κ2) is 15.6. The number of nitriles is 1. The summed E-state index contributed by atoms with van der Waals surface area (Å²) in [5.74, 6) is 0. The maximum Gasteiger partial charge on any atom is 0.152 e. The van der Waals surface area contributed by atoms with Crippen molar-refractivity contribution in [3.63, 3.8) is 0 Å². The highest BCUT2D eigenvalue weighted by Crippen LogP contribution is 2.27. The molecule has 240 valence electrons. The van der Waals surface area contributed by atoms with Gasteiger partial charge in [0.25, 0.3) is 0 Å². The summed E-state index contributed by atoms with van der Waals surface area (Å²) in [5, 5.41) is 24.0. The van der Waals surface area contributed by atoms with Crippen molar-refractivity contribution in [3.8, 4) is 6.07 Å². The van der Waals surface area contributed by atoms with E-state index in [1.165, 1.54) is 31.5 Å². The second-order valence-electron chi connectivity index (χ2n) is 8.85. The maximum absolute atomic E-state index is 10.5. The number of oxime groups is 1. The minimum atomic E-state index is 0.295. The molecule has 16 nitrogen and oxygen atoms in total. The third-order valence-electron chi connectivity index (χ3n) is 6.15. The zero-order valence-corrected chi connectivity index (χ0v) is 28.1. The van der Waals surface area contributed by atoms with Crippen LogP contribution in [0.15, 0.2) is 59.7 Å². The molecular formula is C27H15BrCl4N14O2. The molecule has 48 heavy (non-hydrogen) atoms. The summed E-state index contributed by atoms with van der Waals surface area (Å²) in [6.45, 7) is 0. The van der Waals surface area contributed by atoms with Crippen molar-refractivity contribution < 1.29 is 10.0 Å². The van der Waals surface area contributed by atoms with Crippen LogP contribution in [0, 0.1) is 11.3 Å². The highest BCUT2D eigenvalue weighted by atomic mass is 79.9. The molecule has 0 spiro atoms. The van der Waals surface area contributed by atoms with Gasteiger partial charge < -0.3 is 25.1 Å². The first-order chi connectivity index (χ1) is 23.3. The second-order valence-corrected chi connectivity index (χ2v) is 11.1. The van der Waals surface area contributed by atoms with Crippen molar-refractivity contribution >= 4 is 119 Å². The average molecular weight is 789 g/mol. The summed E-state index contributed by atoms with van der Waals surface area (Å²) < 4.78 is 0.887. The van der Waals surface area contributed by atoms with E-state index in [1.807, 2.05) is 6.07 Å². The number of nitrogens with one attached hydrogen (secondary N) is 4. The molecule has 8 rings (SSSR count). The molecule has 0 aromatic carbocycles. The van der Waals surface area contributed by atoms with Gasteiger partial charge in [0.2, 0.25) is 0 Å². The molecule has 21 heteroatoms. The van der Waals surface area contributed by atoms with Gasteiger partial charge in [0, 0.05) is 40.4 Å². The minimum Gasteiger partial charge on any atom is -0.411 e. The summed E-state index contributed by atoms with van der Waals surface area (Å²) in [6, 6.07) is 2.00. The molecule has 0 amide bonds. The number of H-pyrrole nitrogens is 4. The molecule has 8 aromatic rings. The van der Waals surface area contributed by atoms with E-state index in [-0.39, 0.29) is 0 Å². The molecule has 0 bridgehead atoms. The van der Waals surface area contributed by atoms with E-state index in [4.69, 9.17) is 56.9 Å². The average Bonchev–Trinajstić information content (AvgIpc) is 3.89. The number of aromatic amines is 4. The third-order valence-corrected chi connectivity index (χ3v) is 7.92. The lowest BCUT2D eigenvalue weighted by Gasteiger charge is -1.91. The summed E-state index contributed by atoms with van der Waals surface area (Å²) in [7, 11) is 0. The Morgan fingerprint density at radius 2 is 1.06 bits per heavy atom. The van der Waals surface area contributed by atoms with Gasteiger partial charge in [0.05, 0.1) is 33.3 Å². The number of fused-ring (bicyclic) bond motifs is 4. The number of rotatable bonds is 2. The predicted molar refractivity (Wildman–Crippen MR) is 183 cm³/mol. The Balaban J connectivity index is 0.000000125. The molecule has 0 aliphatic rings. The Bertz CT molecular complexity index is 2450. The van der Waals surface area contributed by atoms with Crippen molar-refractivity contribution in [1.29, 1.82) is 5.26 Å². The highest BCUT2D eigenvalue weighted by molar-refractivity contribution is 9.10. The Morgan fingerprint density at radius 1 is 0.646 bits per heavy atom. The first-order valence-electron chi connectivity index (χ1n) is 12.9. The van der Waals surface area contributed by atoms with Crippen molar-refractivity contribution in [2.45, 2.75) is 0 Å². The van der Waals surface area contributed by atoms with Gasteiger partial charge >= 0.3 is 0 Å². The van der Waals surface area contributed by atoms with Crippen LogP contribution < -0.4 is 0 Å². The van der Waals surface area contributed by atoms with Gasteiger partial charge in [-0.15, -0.1) is 0 Å². The minimum absolute atomic E-state index is 0.295. The number of hydrogen-bond donors (Lipinski definition) is 5. The molecule has 0 unspecified atom stereocenters. The third kappa shape index (κ3) is 7.33. The number of hydrogen-bond acceptors (Lipinski definition) is 12. The van der Waals surface area contributed by atoms with Crippen LogP contribution in [0.4, 0.5) is 0 Å². The van der Waals surface area contributed by atoms with Crippen LogP contribution in [0.5, 0.6) is 0 Å². The molecule has 0 saturated carbocycles. The SMILES string of the molecule is Clc1ncnc2[nH]cc(Br)c12.N#Cc1c[nH]c2ncnc(Cl)c12.O=Cc1c[nH]c2ncnc(Cl)c12.ON=Cc1c[nH]c2ncnc(Cl)c12. The van der Waals surface area contributed by atoms with Gasteiger partial charge in [-0.25, -0.2) is 39.9 Å². The van der Waals surface area contributed by atoms with Crippen LogP contribution in [-0.2, 0) is 0 Å². The van der Waals surface area contributed by atoms with Crippen LogP contribution in [0.1, 0.15) is 21.5 Å². The molecular weight excluding hydrogens is 774 g/mol. The van der Waals surface area contributed by atoms with Gasteiger partial charge in [-0.05, 0) is 15.9 Å². The van der Waals surface area contributed by atoms with Gasteiger partial charge in [0.15, 0.2) is 6.29 Å². The van der Waals surface area contributed by atoms with Crippen LogP contribution in [0.3, 0.4) is 0 Å². The smallest absolute Gasteiger partial charge is 0.152 e. The molecule has 0 fully saturated rings. The number of carbonyl (C=O) groups excluding carboxylic acids is 1. The summed E-state index contributed by atoms with van der Waals surface area (Å²) in [5.41, 5.74) is 4.14. The zero-order valence-electron chi connectivity index (χ0n) is 23.5. The monoisotopic (exact) mass is 786 g/mol. The topological polar surface area (TPSA) is 240 Å². The van der Waals surface area contributed by atoms with Crippen LogP contribution in [-0.4, -0.2) is 77.5 Å². The van der Waals surface area contributed by atoms with Gasteiger partial charge in [-0.2, -0.15) is 5.26 Å². The Morgan fingerprint density at radius 3 is 1.56 bits per heavy atom. The number of halogens is 5. The van der Waals surface area contributed by atoms with Crippen molar-refractivity contribution in [2.75, 3.05) is 0 Å². The van der Waals surface area contributed by atoms with Gasteiger partial charge in [-0.3, -0.25) is 4.79 Å². The van der Waals surface area contributed by atoms with Gasteiger partial charge in [-0.1, -0.05) is 51.6 Å². The van der Waals surface area contributed by atoms with Crippen molar-refractivity contribution in [1.82, 2.24) is 59.8 Å². The van der Waals surface area contributed by atoms with E-state index in [9.17, 15) is 4.79 Å². The predicted octanol–water partition coefficient (Wildman–Crippen LogP) is 6.70. The van der Waals surface area contributed by atoms with Crippen molar-refractivity contribution in [2.24, 2.45) is 5.16 Å². The molecule has 8 aromatic heterocycles. The summed E-state index contributed by atoms with van der Waals surface area (Å²) in [6.07, 6.45) is 14.0. The molecule has 0 aliphatic carbocycles. The van der Waals surface area contributed by atoms with E-state index < -0.39 is 0 Å². The van der Waals surface area contributed by atoms with E-state index in [2.05, 4.69) is 80.9 Å². The molecule has 5 N–H and O–H groups in total. The Hall–Kier alpha value is -5.25. The number of carbonyl (C=O) groups is 1. The van der Waals surface area contributed by atoms with Crippen LogP contribution in [0.2, 0.25) is 20.6 Å². The number of aldehydes is 1. The molecule has 0 radical (unpaired) electrons. The molecule has 8 heterocycles. The number of aromatic nitrogens is 12. The maximum atomic E-state index is 10.5. The lowest BCUT2D eigenvalue weighted by Crippen LogP contribution is -1.83. The molecule has 0 atom stereocenters. The Kier molecular flexibility index (Phi) is 11.1.